The number of likely N-dealkylation sites (tertiary alicyclic amines) is 2. The summed E-state index contributed by atoms with van der Waals surface area (Å²) in [5, 5.41) is 9.18. The van der Waals surface area contributed by atoms with E-state index < -0.39 is 29.8 Å². The number of hydrogen-bond acceptors (Lipinski definition) is 5. The van der Waals surface area contributed by atoms with Gasteiger partial charge in [-0.15, -0.1) is 0 Å². The fourth-order valence-corrected chi connectivity index (χ4v) is 4.87. The van der Waals surface area contributed by atoms with Crippen LogP contribution in [-0.4, -0.2) is 69.9 Å². The summed E-state index contributed by atoms with van der Waals surface area (Å²) in [6.07, 6.45) is 2.32. The van der Waals surface area contributed by atoms with E-state index in [0.717, 1.165) is 17.7 Å². The molecule has 6 unspecified atom stereocenters. The minimum absolute atomic E-state index is 0.135. The maximum absolute atomic E-state index is 12.8. The maximum Gasteiger partial charge on any atom is 0.308 e. The zero-order valence-electron chi connectivity index (χ0n) is 14.1. The minimum Gasteiger partial charge on any atom is -0.481 e. The molecule has 4 saturated heterocycles. The average molecular weight is 350 g/mol. The summed E-state index contributed by atoms with van der Waals surface area (Å²) in [5.41, 5.74) is 0. The summed E-state index contributed by atoms with van der Waals surface area (Å²) in [6, 6.07) is -0.891. The lowest BCUT2D eigenvalue weighted by Crippen LogP contribution is -2.53. The molecule has 136 valence electrons. The number of fused-ring (bicyclic) bond motifs is 5. The molecule has 6 atom stereocenters. The van der Waals surface area contributed by atoms with Crippen LogP contribution in [0.3, 0.4) is 0 Å². The van der Waals surface area contributed by atoms with E-state index in [9.17, 15) is 24.3 Å². The topological polar surface area (TPSA) is 104 Å². The number of piperidine rings is 1. The van der Waals surface area contributed by atoms with Crippen molar-refractivity contribution in [1.82, 2.24) is 9.80 Å². The van der Waals surface area contributed by atoms with Crippen molar-refractivity contribution in [1.29, 1.82) is 0 Å². The van der Waals surface area contributed by atoms with Gasteiger partial charge in [-0.05, 0) is 32.6 Å². The normalized spacial score (nSPS) is 38.2. The summed E-state index contributed by atoms with van der Waals surface area (Å²) in [7, 11) is 0. The molecule has 3 amide bonds. The molecule has 0 aromatic heterocycles. The molecule has 8 nitrogen and oxygen atoms in total. The van der Waals surface area contributed by atoms with Gasteiger partial charge in [-0.1, -0.05) is 0 Å². The van der Waals surface area contributed by atoms with E-state index in [1.807, 2.05) is 0 Å². The Morgan fingerprint density at radius 1 is 1.12 bits per heavy atom. The number of carboxylic acids is 1. The lowest BCUT2D eigenvalue weighted by Gasteiger charge is -2.34. The first-order chi connectivity index (χ1) is 11.9. The summed E-state index contributed by atoms with van der Waals surface area (Å²) in [4.78, 5) is 52.1. The van der Waals surface area contributed by atoms with Crippen LogP contribution in [0.2, 0.25) is 0 Å². The largest absolute Gasteiger partial charge is 0.481 e. The Labute approximate surface area is 145 Å². The molecule has 0 saturated carbocycles. The summed E-state index contributed by atoms with van der Waals surface area (Å²) in [6.45, 7) is 2.16. The molecule has 0 radical (unpaired) electrons. The van der Waals surface area contributed by atoms with Gasteiger partial charge in [0.05, 0.1) is 30.0 Å². The van der Waals surface area contributed by atoms with Gasteiger partial charge in [0, 0.05) is 13.1 Å². The van der Waals surface area contributed by atoms with Crippen LogP contribution < -0.4 is 0 Å². The summed E-state index contributed by atoms with van der Waals surface area (Å²) >= 11 is 0. The Hall–Kier alpha value is -1.96. The highest BCUT2D eigenvalue weighted by Crippen LogP contribution is 2.48. The molecule has 4 fully saturated rings. The predicted molar refractivity (Wildman–Crippen MR) is 83.1 cm³/mol. The van der Waals surface area contributed by atoms with Gasteiger partial charge in [-0.3, -0.25) is 24.1 Å². The smallest absolute Gasteiger partial charge is 0.308 e. The van der Waals surface area contributed by atoms with Crippen molar-refractivity contribution in [3.8, 4) is 0 Å². The number of carbonyl (C=O) groups excluding carboxylic acids is 3. The molecule has 0 aromatic carbocycles. The van der Waals surface area contributed by atoms with Crippen molar-refractivity contribution in [2.45, 2.75) is 50.9 Å². The molecular formula is C17H22N2O6. The maximum atomic E-state index is 12.8. The Bertz CT molecular complexity index is 621. The van der Waals surface area contributed by atoms with Gasteiger partial charge >= 0.3 is 5.97 Å². The fraction of sp³-hybridized carbons (Fsp3) is 0.765. The number of hydrogen-bond donors (Lipinski definition) is 1. The Morgan fingerprint density at radius 2 is 1.72 bits per heavy atom. The van der Waals surface area contributed by atoms with Crippen LogP contribution in [0.5, 0.6) is 0 Å². The quantitative estimate of drug-likeness (QED) is 0.711. The van der Waals surface area contributed by atoms with Crippen molar-refractivity contribution in [2.24, 2.45) is 17.8 Å². The van der Waals surface area contributed by atoms with E-state index in [-0.39, 0.29) is 36.5 Å². The van der Waals surface area contributed by atoms with E-state index in [2.05, 4.69) is 0 Å². The van der Waals surface area contributed by atoms with Crippen LogP contribution in [0.15, 0.2) is 0 Å². The molecule has 0 aliphatic carbocycles. The molecule has 1 N–H and O–H groups in total. The van der Waals surface area contributed by atoms with Crippen LogP contribution in [0.25, 0.3) is 0 Å². The molecule has 0 aromatic rings. The molecule has 4 rings (SSSR count). The number of nitrogens with zero attached hydrogens (tertiary/aromatic N) is 2. The highest BCUT2D eigenvalue weighted by atomic mass is 16.5. The molecule has 2 bridgehead atoms. The van der Waals surface area contributed by atoms with E-state index in [4.69, 9.17) is 4.74 Å². The standard InChI is InChI=1S/C17H22N2O6/c1-8(14(20)18-6-2-3-9(7-18)17(23)24)19-15(21)12-10-4-5-11(25-10)13(12)16(19)22/h8-13H,2-7H2,1H3,(H,23,24). The van der Waals surface area contributed by atoms with Crippen molar-refractivity contribution in [2.75, 3.05) is 13.1 Å². The average Bonchev–Trinajstić information content (AvgIpc) is 3.28. The van der Waals surface area contributed by atoms with Gasteiger partial charge in [-0.25, -0.2) is 0 Å². The lowest BCUT2D eigenvalue weighted by atomic mass is 9.81. The number of amides is 3. The Morgan fingerprint density at radius 3 is 2.28 bits per heavy atom. The van der Waals surface area contributed by atoms with Gasteiger partial charge in [0.15, 0.2) is 0 Å². The Kier molecular flexibility index (Phi) is 3.82. The molecule has 4 aliphatic heterocycles. The lowest BCUT2D eigenvalue weighted by molar-refractivity contribution is -0.155. The molecule has 0 spiro atoms. The van der Waals surface area contributed by atoms with Crippen molar-refractivity contribution < 1.29 is 29.0 Å². The minimum atomic E-state index is -0.915. The van der Waals surface area contributed by atoms with E-state index in [1.165, 1.54) is 4.90 Å². The monoisotopic (exact) mass is 350 g/mol. The zero-order valence-corrected chi connectivity index (χ0v) is 14.1. The highest BCUT2D eigenvalue weighted by molar-refractivity contribution is 6.09. The second-order valence-corrected chi connectivity index (χ2v) is 7.53. The SMILES string of the molecule is CC(C(=O)N1CCCC(C(=O)O)C1)N1C(=O)C2C3CCC(O3)C2C1=O. The van der Waals surface area contributed by atoms with E-state index in [1.54, 1.807) is 6.92 Å². The van der Waals surface area contributed by atoms with Gasteiger partial charge < -0.3 is 14.7 Å². The van der Waals surface area contributed by atoms with Crippen LogP contribution in [-0.2, 0) is 23.9 Å². The molecular weight excluding hydrogens is 328 g/mol. The van der Waals surface area contributed by atoms with Crippen molar-refractivity contribution in [3.63, 3.8) is 0 Å². The van der Waals surface area contributed by atoms with E-state index >= 15 is 0 Å². The van der Waals surface area contributed by atoms with Crippen molar-refractivity contribution in [3.05, 3.63) is 0 Å². The zero-order chi connectivity index (χ0) is 17.9. The van der Waals surface area contributed by atoms with Crippen molar-refractivity contribution >= 4 is 23.7 Å². The number of carbonyl (C=O) groups is 4. The van der Waals surface area contributed by atoms with Crippen LogP contribution in [0, 0.1) is 17.8 Å². The first kappa shape index (κ1) is 16.5. The van der Waals surface area contributed by atoms with E-state index in [0.29, 0.717) is 19.4 Å². The summed E-state index contributed by atoms with van der Waals surface area (Å²) in [5.74, 6) is -3.37. The molecule has 25 heavy (non-hydrogen) atoms. The second-order valence-electron chi connectivity index (χ2n) is 7.53. The van der Waals surface area contributed by atoms with Crippen LogP contribution >= 0.6 is 0 Å². The number of aliphatic carboxylic acids is 1. The molecule has 4 aliphatic rings. The van der Waals surface area contributed by atoms with Crippen LogP contribution in [0.4, 0.5) is 0 Å². The predicted octanol–water partition coefficient (Wildman–Crippen LogP) is -0.139. The number of rotatable bonds is 3. The first-order valence-corrected chi connectivity index (χ1v) is 8.94. The summed E-state index contributed by atoms with van der Waals surface area (Å²) < 4.78 is 5.70. The van der Waals surface area contributed by atoms with Gasteiger partial charge in [-0.2, -0.15) is 0 Å². The first-order valence-electron chi connectivity index (χ1n) is 8.94. The number of ether oxygens (including phenoxy) is 1. The third kappa shape index (κ3) is 2.38. The molecule has 8 heteroatoms. The highest BCUT2D eigenvalue weighted by Gasteiger charge is 2.63. The van der Waals surface area contributed by atoms with Crippen LogP contribution in [0.1, 0.15) is 32.6 Å². The fourth-order valence-electron chi connectivity index (χ4n) is 4.87. The number of carboxylic acid groups (broad SMARTS) is 1. The van der Waals surface area contributed by atoms with Gasteiger partial charge in [0.1, 0.15) is 6.04 Å². The third-order valence-electron chi connectivity index (χ3n) is 6.15. The Balaban J connectivity index is 1.50. The van der Waals surface area contributed by atoms with Gasteiger partial charge in [0.25, 0.3) is 0 Å². The second kappa shape index (κ2) is 5.79. The van der Waals surface area contributed by atoms with Gasteiger partial charge in [0.2, 0.25) is 17.7 Å². The molecule has 4 heterocycles. The number of imide groups is 1. The third-order valence-corrected chi connectivity index (χ3v) is 6.15.